The maximum absolute atomic E-state index is 13.0. The third kappa shape index (κ3) is 6.67. The van der Waals surface area contributed by atoms with E-state index in [-0.39, 0.29) is 17.9 Å². The van der Waals surface area contributed by atoms with Crippen molar-refractivity contribution in [2.24, 2.45) is 0 Å². The van der Waals surface area contributed by atoms with Crippen molar-refractivity contribution in [3.63, 3.8) is 0 Å². The second-order valence-corrected chi connectivity index (χ2v) is 8.76. The summed E-state index contributed by atoms with van der Waals surface area (Å²) in [4.78, 5) is 29.6. The molecule has 0 radical (unpaired) electrons. The van der Waals surface area contributed by atoms with Crippen LogP contribution in [0.4, 0.5) is 0 Å². The predicted molar refractivity (Wildman–Crippen MR) is 130 cm³/mol. The van der Waals surface area contributed by atoms with Gasteiger partial charge in [0, 0.05) is 20.1 Å². The number of nitrogens with one attached hydrogen (secondary N) is 1. The largest absolute Gasteiger partial charge is 0.344 e. The van der Waals surface area contributed by atoms with E-state index in [1.807, 2.05) is 49.3 Å². The molecule has 0 aliphatic carbocycles. The van der Waals surface area contributed by atoms with Gasteiger partial charge >= 0.3 is 0 Å². The fraction of sp³-hybridized carbons (Fsp3) is 0.481. The van der Waals surface area contributed by atoms with E-state index >= 15 is 0 Å². The van der Waals surface area contributed by atoms with E-state index in [0.29, 0.717) is 13.0 Å². The van der Waals surface area contributed by atoms with Gasteiger partial charge in [0.2, 0.25) is 11.8 Å². The highest BCUT2D eigenvalue weighted by Crippen LogP contribution is 2.23. The fourth-order valence-electron chi connectivity index (χ4n) is 4.41. The standard InChI is InChI=1S/C27H37N3O2/c1-28-18-8-3-4-9-19-29(2)27(32)25-13-10-20-30(25)26(31)21-22-14-16-24(17-15-22)23-11-6-5-7-12-23/h5-7,11-12,14-17,25,28H,3-4,8-10,13,18-21H2,1-2H3. The van der Waals surface area contributed by atoms with E-state index in [9.17, 15) is 9.59 Å². The van der Waals surface area contributed by atoms with E-state index < -0.39 is 0 Å². The van der Waals surface area contributed by atoms with Crippen molar-refractivity contribution in [2.45, 2.75) is 51.0 Å². The van der Waals surface area contributed by atoms with Crippen molar-refractivity contribution < 1.29 is 9.59 Å². The van der Waals surface area contributed by atoms with Gasteiger partial charge in [0.05, 0.1) is 6.42 Å². The normalized spacial score (nSPS) is 15.7. The zero-order valence-electron chi connectivity index (χ0n) is 19.6. The number of carbonyl (C=O) groups excluding carboxylic acids is 2. The number of likely N-dealkylation sites (tertiary alicyclic amines) is 1. The third-order valence-corrected chi connectivity index (χ3v) is 6.32. The number of hydrogen-bond donors (Lipinski definition) is 1. The van der Waals surface area contributed by atoms with Crippen molar-refractivity contribution in [1.29, 1.82) is 0 Å². The van der Waals surface area contributed by atoms with Gasteiger partial charge in [-0.15, -0.1) is 0 Å². The first-order chi connectivity index (χ1) is 15.6. The first-order valence-corrected chi connectivity index (χ1v) is 11.9. The Balaban J connectivity index is 1.50. The van der Waals surface area contributed by atoms with Crippen LogP contribution in [0.1, 0.15) is 44.1 Å². The molecule has 2 amide bonds. The Kier molecular flexibility index (Phi) is 9.29. The molecular formula is C27H37N3O2. The lowest BCUT2D eigenvalue weighted by molar-refractivity contribution is -0.142. The molecule has 5 nitrogen and oxygen atoms in total. The number of hydrogen-bond acceptors (Lipinski definition) is 3. The summed E-state index contributed by atoms with van der Waals surface area (Å²) in [5, 5.41) is 3.16. The van der Waals surface area contributed by atoms with Crippen LogP contribution >= 0.6 is 0 Å². The monoisotopic (exact) mass is 435 g/mol. The molecule has 1 heterocycles. The quantitative estimate of drug-likeness (QED) is 0.540. The van der Waals surface area contributed by atoms with Gasteiger partial charge in [-0.3, -0.25) is 9.59 Å². The molecule has 1 saturated heterocycles. The highest BCUT2D eigenvalue weighted by Gasteiger charge is 2.35. The third-order valence-electron chi connectivity index (χ3n) is 6.32. The van der Waals surface area contributed by atoms with Gasteiger partial charge in [-0.1, -0.05) is 67.4 Å². The minimum atomic E-state index is -0.305. The molecule has 32 heavy (non-hydrogen) atoms. The number of carbonyl (C=O) groups is 2. The van der Waals surface area contributed by atoms with E-state index in [4.69, 9.17) is 0 Å². The Bertz CT molecular complexity index is 851. The van der Waals surface area contributed by atoms with Gasteiger partial charge in [0.1, 0.15) is 6.04 Å². The second-order valence-electron chi connectivity index (χ2n) is 8.76. The highest BCUT2D eigenvalue weighted by molar-refractivity contribution is 5.89. The fourth-order valence-corrected chi connectivity index (χ4v) is 4.41. The Hall–Kier alpha value is -2.66. The molecule has 2 aromatic carbocycles. The summed E-state index contributed by atoms with van der Waals surface area (Å²) < 4.78 is 0. The summed E-state index contributed by atoms with van der Waals surface area (Å²) in [5.41, 5.74) is 3.30. The molecule has 1 unspecified atom stereocenters. The van der Waals surface area contributed by atoms with Crippen molar-refractivity contribution in [1.82, 2.24) is 15.1 Å². The molecule has 2 aromatic rings. The molecule has 1 aliphatic rings. The van der Waals surface area contributed by atoms with Crippen molar-refractivity contribution in [3.8, 4) is 11.1 Å². The first-order valence-electron chi connectivity index (χ1n) is 11.9. The summed E-state index contributed by atoms with van der Waals surface area (Å²) >= 11 is 0. The lowest BCUT2D eigenvalue weighted by Gasteiger charge is -2.28. The topological polar surface area (TPSA) is 52.7 Å². The number of benzene rings is 2. The molecule has 1 N–H and O–H groups in total. The molecule has 0 saturated carbocycles. The maximum Gasteiger partial charge on any atom is 0.245 e. The number of likely N-dealkylation sites (N-methyl/N-ethyl adjacent to an activating group) is 1. The van der Waals surface area contributed by atoms with Crippen LogP contribution in [0.2, 0.25) is 0 Å². The van der Waals surface area contributed by atoms with E-state index in [2.05, 4.69) is 29.6 Å². The van der Waals surface area contributed by atoms with E-state index in [1.165, 1.54) is 18.4 Å². The van der Waals surface area contributed by atoms with Crippen LogP contribution in [0.15, 0.2) is 54.6 Å². The smallest absolute Gasteiger partial charge is 0.245 e. The zero-order chi connectivity index (χ0) is 22.8. The SMILES string of the molecule is CNCCCCCCN(C)C(=O)C1CCCN1C(=O)Cc1ccc(-c2ccccc2)cc1. The van der Waals surface area contributed by atoms with Crippen LogP contribution in [0, 0.1) is 0 Å². The van der Waals surface area contributed by atoms with Gasteiger partial charge in [-0.05, 0) is 56.0 Å². The average molecular weight is 436 g/mol. The number of rotatable bonds is 11. The summed E-state index contributed by atoms with van der Waals surface area (Å²) in [7, 11) is 3.85. The minimum absolute atomic E-state index is 0.0498. The molecule has 1 fully saturated rings. The van der Waals surface area contributed by atoms with Crippen molar-refractivity contribution in [3.05, 3.63) is 60.2 Å². The molecule has 5 heteroatoms. The maximum atomic E-state index is 13.0. The molecule has 1 aliphatic heterocycles. The van der Waals surface area contributed by atoms with Gasteiger partial charge in [0.25, 0.3) is 0 Å². The Morgan fingerprint density at radius 3 is 2.38 bits per heavy atom. The van der Waals surface area contributed by atoms with Gasteiger partial charge in [0.15, 0.2) is 0 Å². The molecular weight excluding hydrogens is 398 g/mol. The van der Waals surface area contributed by atoms with Crippen LogP contribution in [0.3, 0.4) is 0 Å². The van der Waals surface area contributed by atoms with Gasteiger partial charge in [-0.2, -0.15) is 0 Å². The number of nitrogens with zero attached hydrogens (tertiary/aromatic N) is 2. The lowest BCUT2D eigenvalue weighted by Crippen LogP contribution is -2.47. The predicted octanol–water partition coefficient (Wildman–Crippen LogP) is 4.13. The summed E-state index contributed by atoms with van der Waals surface area (Å²) in [6.45, 7) is 2.48. The van der Waals surface area contributed by atoms with E-state index in [1.54, 1.807) is 4.90 Å². The molecule has 0 aromatic heterocycles. The molecule has 0 bridgehead atoms. The van der Waals surface area contributed by atoms with Crippen LogP contribution < -0.4 is 5.32 Å². The highest BCUT2D eigenvalue weighted by atomic mass is 16.2. The number of unbranched alkanes of at least 4 members (excludes halogenated alkanes) is 3. The Labute approximate surface area is 192 Å². The Morgan fingerprint density at radius 2 is 1.66 bits per heavy atom. The number of amides is 2. The van der Waals surface area contributed by atoms with E-state index in [0.717, 1.165) is 49.9 Å². The van der Waals surface area contributed by atoms with Crippen LogP contribution in [0.25, 0.3) is 11.1 Å². The van der Waals surface area contributed by atoms with Crippen molar-refractivity contribution >= 4 is 11.8 Å². The lowest BCUT2D eigenvalue weighted by atomic mass is 10.0. The molecule has 0 spiro atoms. The van der Waals surface area contributed by atoms with Crippen molar-refractivity contribution in [2.75, 3.05) is 33.7 Å². The summed E-state index contributed by atoms with van der Waals surface area (Å²) in [6, 6.07) is 18.1. The van der Waals surface area contributed by atoms with Gasteiger partial charge in [-0.25, -0.2) is 0 Å². The van der Waals surface area contributed by atoms with Crippen LogP contribution in [0.5, 0.6) is 0 Å². The summed E-state index contributed by atoms with van der Waals surface area (Å²) in [6.07, 6.45) is 6.50. The first kappa shape index (κ1) is 24.0. The molecule has 172 valence electrons. The Morgan fingerprint density at radius 1 is 0.969 bits per heavy atom. The average Bonchev–Trinajstić information content (AvgIpc) is 3.32. The van der Waals surface area contributed by atoms with Crippen LogP contribution in [-0.2, 0) is 16.0 Å². The second kappa shape index (κ2) is 12.4. The summed E-state index contributed by atoms with van der Waals surface area (Å²) in [5.74, 6) is 0.138. The molecule has 1 atom stereocenters. The minimum Gasteiger partial charge on any atom is -0.344 e. The zero-order valence-corrected chi connectivity index (χ0v) is 19.6. The van der Waals surface area contributed by atoms with Crippen LogP contribution in [-0.4, -0.2) is 61.4 Å². The van der Waals surface area contributed by atoms with Gasteiger partial charge < -0.3 is 15.1 Å². The molecule has 3 rings (SSSR count).